The SMILES string of the molecule is Cc1noc(-c2ccccc2N(C(=O)O)C2CCN(CCNS(C)(=O)=O)CC2)n1. The summed E-state index contributed by atoms with van der Waals surface area (Å²) in [5, 5.41) is 13.7. The first-order valence-electron chi connectivity index (χ1n) is 9.33. The molecular formula is C18H25N5O5S. The van der Waals surface area contributed by atoms with Crippen LogP contribution in [0.1, 0.15) is 18.7 Å². The molecule has 3 rings (SSSR count). The summed E-state index contributed by atoms with van der Waals surface area (Å²) >= 11 is 0. The molecule has 11 heteroatoms. The number of rotatable bonds is 7. The van der Waals surface area contributed by atoms with Gasteiger partial charge < -0.3 is 14.5 Å². The van der Waals surface area contributed by atoms with Gasteiger partial charge in [0.25, 0.3) is 5.89 Å². The lowest BCUT2D eigenvalue weighted by Crippen LogP contribution is -2.48. The summed E-state index contributed by atoms with van der Waals surface area (Å²) in [6, 6.07) is 6.90. The number of carboxylic acid groups (broad SMARTS) is 1. The van der Waals surface area contributed by atoms with E-state index in [4.69, 9.17) is 4.52 Å². The Hall–Kier alpha value is -2.50. The number of nitrogens with zero attached hydrogens (tertiary/aromatic N) is 4. The zero-order valence-corrected chi connectivity index (χ0v) is 17.2. The molecule has 1 saturated heterocycles. The van der Waals surface area contributed by atoms with Crippen molar-refractivity contribution in [2.45, 2.75) is 25.8 Å². The average Bonchev–Trinajstić information content (AvgIpc) is 3.08. The number of nitrogens with one attached hydrogen (secondary N) is 1. The number of aryl methyl sites for hydroxylation is 1. The average molecular weight is 423 g/mol. The molecule has 0 bridgehead atoms. The molecule has 1 amide bonds. The van der Waals surface area contributed by atoms with E-state index in [2.05, 4.69) is 19.8 Å². The van der Waals surface area contributed by atoms with E-state index in [0.29, 0.717) is 56.1 Å². The molecule has 1 aliphatic heterocycles. The normalized spacial score (nSPS) is 16.1. The van der Waals surface area contributed by atoms with Gasteiger partial charge in [-0.05, 0) is 31.9 Å². The standard InChI is InChI=1S/C18H25N5O5S/c1-13-20-17(28-21-13)15-5-3-4-6-16(15)23(18(24)25)14-7-10-22(11-8-14)12-9-19-29(2,26)27/h3-6,14,19H,7-12H2,1-2H3,(H,24,25). The summed E-state index contributed by atoms with van der Waals surface area (Å²) in [6.45, 7) is 4.00. The first-order valence-corrected chi connectivity index (χ1v) is 11.2. The molecule has 0 radical (unpaired) electrons. The van der Waals surface area contributed by atoms with Gasteiger partial charge in [-0.1, -0.05) is 17.3 Å². The van der Waals surface area contributed by atoms with Crippen molar-refractivity contribution in [3.63, 3.8) is 0 Å². The van der Waals surface area contributed by atoms with Gasteiger partial charge in [0.1, 0.15) is 0 Å². The summed E-state index contributed by atoms with van der Waals surface area (Å²) in [7, 11) is -3.21. The highest BCUT2D eigenvalue weighted by atomic mass is 32.2. The fourth-order valence-corrected chi connectivity index (χ4v) is 3.98. The van der Waals surface area contributed by atoms with Crippen LogP contribution in [0.25, 0.3) is 11.5 Å². The van der Waals surface area contributed by atoms with E-state index in [9.17, 15) is 18.3 Å². The summed E-state index contributed by atoms with van der Waals surface area (Å²) in [4.78, 5) is 19.9. The van der Waals surface area contributed by atoms with E-state index in [1.165, 1.54) is 4.90 Å². The van der Waals surface area contributed by atoms with Crippen LogP contribution in [0.5, 0.6) is 0 Å². The maximum Gasteiger partial charge on any atom is 0.412 e. The number of likely N-dealkylation sites (tertiary alicyclic amines) is 1. The van der Waals surface area contributed by atoms with Crippen LogP contribution in [0.15, 0.2) is 28.8 Å². The number of hydrogen-bond acceptors (Lipinski definition) is 7. The second-order valence-electron chi connectivity index (χ2n) is 7.06. The van der Waals surface area contributed by atoms with E-state index >= 15 is 0 Å². The summed E-state index contributed by atoms with van der Waals surface area (Å²) < 4.78 is 30.1. The van der Waals surface area contributed by atoms with E-state index < -0.39 is 16.1 Å². The minimum Gasteiger partial charge on any atom is -0.465 e. The third-order valence-corrected chi connectivity index (χ3v) is 5.57. The van der Waals surface area contributed by atoms with Gasteiger partial charge in [-0.25, -0.2) is 17.9 Å². The smallest absolute Gasteiger partial charge is 0.412 e. The number of piperidine rings is 1. The number of carbonyl (C=O) groups is 1. The number of hydrogen-bond donors (Lipinski definition) is 2. The minimum absolute atomic E-state index is 0.197. The minimum atomic E-state index is -3.21. The lowest BCUT2D eigenvalue weighted by atomic mass is 10.0. The Labute approximate surface area is 169 Å². The number of para-hydroxylation sites is 1. The fourth-order valence-electron chi connectivity index (χ4n) is 3.52. The van der Waals surface area contributed by atoms with Gasteiger partial charge in [0.2, 0.25) is 10.0 Å². The number of anilines is 1. The Morgan fingerprint density at radius 1 is 1.34 bits per heavy atom. The molecule has 1 fully saturated rings. The van der Waals surface area contributed by atoms with Crippen LogP contribution in [0.3, 0.4) is 0 Å². The molecule has 1 aromatic carbocycles. The molecule has 0 aliphatic carbocycles. The monoisotopic (exact) mass is 423 g/mol. The highest BCUT2D eigenvalue weighted by Crippen LogP contribution is 2.33. The predicted octanol–water partition coefficient (Wildman–Crippen LogP) is 1.54. The van der Waals surface area contributed by atoms with Crippen LogP contribution in [0, 0.1) is 6.92 Å². The van der Waals surface area contributed by atoms with Crippen LogP contribution >= 0.6 is 0 Å². The van der Waals surface area contributed by atoms with Gasteiger partial charge in [0.05, 0.1) is 17.5 Å². The highest BCUT2D eigenvalue weighted by molar-refractivity contribution is 7.88. The van der Waals surface area contributed by atoms with Gasteiger partial charge in [0.15, 0.2) is 5.82 Å². The van der Waals surface area contributed by atoms with Gasteiger partial charge in [0, 0.05) is 32.2 Å². The van der Waals surface area contributed by atoms with Crippen molar-refractivity contribution < 1.29 is 22.8 Å². The lowest BCUT2D eigenvalue weighted by molar-refractivity contribution is 0.182. The molecule has 158 valence electrons. The van der Waals surface area contributed by atoms with E-state index in [0.717, 1.165) is 6.26 Å². The van der Waals surface area contributed by atoms with E-state index in [1.54, 1.807) is 31.2 Å². The van der Waals surface area contributed by atoms with Gasteiger partial charge in [-0.3, -0.25) is 4.90 Å². The fraction of sp³-hybridized carbons (Fsp3) is 0.500. The molecule has 29 heavy (non-hydrogen) atoms. The van der Waals surface area contributed by atoms with Gasteiger partial charge >= 0.3 is 6.09 Å². The Balaban J connectivity index is 1.72. The number of amides is 1. The molecule has 0 saturated carbocycles. The maximum absolute atomic E-state index is 12.1. The number of benzene rings is 1. The molecule has 0 spiro atoms. The second kappa shape index (κ2) is 8.89. The van der Waals surface area contributed by atoms with Gasteiger partial charge in [-0.2, -0.15) is 4.98 Å². The van der Waals surface area contributed by atoms with Crippen LogP contribution in [-0.2, 0) is 10.0 Å². The Bertz CT molecular complexity index is 953. The highest BCUT2D eigenvalue weighted by Gasteiger charge is 2.31. The van der Waals surface area contributed by atoms with Crippen molar-refractivity contribution in [2.75, 3.05) is 37.3 Å². The van der Waals surface area contributed by atoms with Crippen molar-refractivity contribution in [2.24, 2.45) is 0 Å². The Morgan fingerprint density at radius 2 is 2.03 bits per heavy atom. The molecule has 1 aromatic heterocycles. The summed E-state index contributed by atoms with van der Waals surface area (Å²) in [6.07, 6.45) is 1.38. The molecule has 2 N–H and O–H groups in total. The van der Waals surface area contributed by atoms with E-state index in [1.807, 2.05) is 0 Å². The maximum atomic E-state index is 12.1. The van der Waals surface area contributed by atoms with Crippen molar-refractivity contribution >= 4 is 21.8 Å². The number of aromatic nitrogens is 2. The molecule has 0 atom stereocenters. The van der Waals surface area contributed by atoms with Crippen molar-refractivity contribution in [3.05, 3.63) is 30.1 Å². The van der Waals surface area contributed by atoms with Gasteiger partial charge in [-0.15, -0.1) is 0 Å². The molecule has 2 heterocycles. The zero-order chi connectivity index (χ0) is 21.0. The van der Waals surface area contributed by atoms with Crippen LogP contribution in [0.4, 0.5) is 10.5 Å². The third kappa shape index (κ3) is 5.52. The summed E-state index contributed by atoms with van der Waals surface area (Å²) in [5.41, 5.74) is 1.09. The zero-order valence-electron chi connectivity index (χ0n) is 16.4. The van der Waals surface area contributed by atoms with Crippen LogP contribution in [-0.4, -0.2) is 73.1 Å². The molecule has 2 aromatic rings. The first-order chi connectivity index (χ1) is 13.7. The molecule has 0 unspecified atom stereocenters. The quantitative estimate of drug-likeness (QED) is 0.686. The number of sulfonamides is 1. The first kappa shape index (κ1) is 21.2. The topological polar surface area (TPSA) is 129 Å². The Kier molecular flexibility index (Phi) is 6.50. The third-order valence-electron chi connectivity index (χ3n) is 4.84. The van der Waals surface area contributed by atoms with E-state index in [-0.39, 0.29) is 11.9 Å². The van der Waals surface area contributed by atoms with Crippen molar-refractivity contribution in [1.82, 2.24) is 19.8 Å². The van der Waals surface area contributed by atoms with Crippen molar-refractivity contribution in [1.29, 1.82) is 0 Å². The van der Waals surface area contributed by atoms with Crippen LogP contribution < -0.4 is 9.62 Å². The van der Waals surface area contributed by atoms with Crippen molar-refractivity contribution in [3.8, 4) is 11.5 Å². The molecular weight excluding hydrogens is 398 g/mol. The largest absolute Gasteiger partial charge is 0.465 e. The molecule has 10 nitrogen and oxygen atoms in total. The second-order valence-corrected chi connectivity index (χ2v) is 8.89. The predicted molar refractivity (Wildman–Crippen MR) is 107 cm³/mol. The lowest BCUT2D eigenvalue weighted by Gasteiger charge is -2.37. The summed E-state index contributed by atoms with van der Waals surface area (Å²) in [5.74, 6) is 0.765. The Morgan fingerprint density at radius 3 is 2.62 bits per heavy atom. The molecule has 1 aliphatic rings. The van der Waals surface area contributed by atoms with Crippen LogP contribution in [0.2, 0.25) is 0 Å².